The van der Waals surface area contributed by atoms with E-state index in [1.54, 1.807) is 91.0 Å². The van der Waals surface area contributed by atoms with Crippen molar-refractivity contribution in [3.63, 3.8) is 0 Å². The molecule has 226 valence electrons. The van der Waals surface area contributed by atoms with Crippen molar-refractivity contribution >= 4 is 61.0 Å². The summed E-state index contributed by atoms with van der Waals surface area (Å²) in [5.74, 6) is -1.91. The van der Waals surface area contributed by atoms with Crippen LogP contribution in [0.15, 0.2) is 124 Å². The van der Waals surface area contributed by atoms with Gasteiger partial charge in [0.25, 0.3) is 0 Å². The molecule has 0 spiro atoms. The SMILES string of the molecule is O=C(N[C@@H](Cc1ccccc1)C(=O)O)C1=CC[C@@H](c2cccc(Cl)c2)N(S(=O)(=O)c2ccc(Br)cc2)[C@H]1c1cccc(Cl)c1. The Labute approximate surface area is 274 Å². The molecule has 1 amide bonds. The molecule has 44 heavy (non-hydrogen) atoms. The van der Waals surface area contributed by atoms with Gasteiger partial charge in [-0.05, 0) is 71.6 Å². The second-order valence-electron chi connectivity index (χ2n) is 10.3. The van der Waals surface area contributed by atoms with Crippen LogP contribution >= 0.6 is 39.1 Å². The molecule has 0 radical (unpaired) electrons. The van der Waals surface area contributed by atoms with Gasteiger partial charge in [0.1, 0.15) is 6.04 Å². The Bertz CT molecular complexity index is 1820. The molecule has 2 N–H and O–H groups in total. The van der Waals surface area contributed by atoms with Crippen LogP contribution in [0, 0.1) is 0 Å². The Morgan fingerprint density at radius 1 is 0.886 bits per heavy atom. The summed E-state index contributed by atoms with van der Waals surface area (Å²) in [7, 11) is -4.27. The number of hydrogen-bond donors (Lipinski definition) is 2. The fraction of sp³-hybridized carbons (Fsp3) is 0.152. The van der Waals surface area contributed by atoms with E-state index in [1.165, 1.54) is 16.4 Å². The molecule has 0 aromatic heterocycles. The highest BCUT2D eigenvalue weighted by molar-refractivity contribution is 9.10. The first-order valence-corrected chi connectivity index (χ1v) is 16.6. The van der Waals surface area contributed by atoms with Gasteiger partial charge in [-0.3, -0.25) is 4.79 Å². The standard InChI is InChI=1S/C33H27BrCl2N2O5S/c34-24-12-14-27(15-13-24)44(42,43)38-30(22-8-4-10-25(35)19-22)17-16-28(31(38)23-9-5-11-26(36)20-23)32(39)37-29(33(40)41)18-21-6-2-1-3-7-21/h1-16,19-20,29-31H,17-18H2,(H,37,39)(H,40,41)/t29-,30-,31-/m0/s1. The molecule has 7 nitrogen and oxygen atoms in total. The zero-order chi connectivity index (χ0) is 31.4. The average Bonchev–Trinajstić information content (AvgIpc) is 3.00. The van der Waals surface area contributed by atoms with Gasteiger partial charge >= 0.3 is 5.97 Å². The van der Waals surface area contributed by atoms with E-state index in [9.17, 15) is 23.1 Å². The number of halogens is 3. The summed E-state index contributed by atoms with van der Waals surface area (Å²) in [5.41, 5.74) is 1.89. The van der Waals surface area contributed by atoms with Crippen LogP contribution in [0.2, 0.25) is 10.0 Å². The van der Waals surface area contributed by atoms with Crippen LogP contribution in [-0.4, -0.2) is 35.7 Å². The minimum absolute atomic E-state index is 0.0221. The number of benzene rings is 4. The van der Waals surface area contributed by atoms with E-state index in [4.69, 9.17) is 23.2 Å². The van der Waals surface area contributed by atoms with Gasteiger partial charge in [0.05, 0.1) is 17.0 Å². The van der Waals surface area contributed by atoms with Crippen molar-refractivity contribution in [1.29, 1.82) is 0 Å². The molecule has 1 aliphatic rings. The summed E-state index contributed by atoms with van der Waals surface area (Å²) < 4.78 is 31.1. The number of nitrogens with one attached hydrogen (secondary N) is 1. The molecule has 0 aliphatic carbocycles. The number of aliphatic carboxylic acids is 1. The van der Waals surface area contributed by atoms with E-state index >= 15 is 0 Å². The van der Waals surface area contributed by atoms with E-state index < -0.39 is 40.0 Å². The average molecular weight is 714 g/mol. The minimum Gasteiger partial charge on any atom is -0.480 e. The van der Waals surface area contributed by atoms with Crippen LogP contribution in [0.3, 0.4) is 0 Å². The second-order valence-corrected chi connectivity index (χ2v) is 13.9. The van der Waals surface area contributed by atoms with Gasteiger partial charge in [0, 0.05) is 26.5 Å². The predicted molar refractivity (Wildman–Crippen MR) is 174 cm³/mol. The number of carboxylic acids is 1. The molecule has 0 fully saturated rings. The fourth-order valence-electron chi connectivity index (χ4n) is 5.31. The molecule has 4 aromatic rings. The lowest BCUT2D eigenvalue weighted by molar-refractivity contribution is -0.141. The first kappa shape index (κ1) is 31.9. The lowest BCUT2D eigenvalue weighted by Crippen LogP contribution is -2.48. The zero-order valence-corrected chi connectivity index (χ0v) is 27.0. The lowest BCUT2D eigenvalue weighted by Gasteiger charge is -2.41. The van der Waals surface area contributed by atoms with Crippen LogP contribution in [0.25, 0.3) is 0 Å². The Kier molecular flexibility index (Phi) is 9.92. The van der Waals surface area contributed by atoms with Crippen LogP contribution in [0.1, 0.15) is 35.2 Å². The largest absolute Gasteiger partial charge is 0.480 e. The molecule has 5 rings (SSSR count). The fourth-order valence-corrected chi connectivity index (χ4v) is 7.75. The van der Waals surface area contributed by atoms with Gasteiger partial charge < -0.3 is 10.4 Å². The molecule has 0 saturated carbocycles. The lowest BCUT2D eigenvalue weighted by atomic mass is 9.88. The molecule has 1 aliphatic heterocycles. The molecule has 0 saturated heterocycles. The Morgan fingerprint density at radius 2 is 1.50 bits per heavy atom. The molecule has 0 bridgehead atoms. The molecule has 3 atom stereocenters. The summed E-state index contributed by atoms with van der Waals surface area (Å²) in [6.45, 7) is 0. The zero-order valence-electron chi connectivity index (χ0n) is 23.1. The highest BCUT2D eigenvalue weighted by atomic mass is 79.9. The quantitative estimate of drug-likeness (QED) is 0.189. The Morgan fingerprint density at radius 3 is 2.11 bits per heavy atom. The molecule has 0 unspecified atom stereocenters. The smallest absolute Gasteiger partial charge is 0.326 e. The number of carbonyl (C=O) groups is 2. The van der Waals surface area contributed by atoms with Crippen molar-refractivity contribution in [3.05, 3.63) is 146 Å². The van der Waals surface area contributed by atoms with Crippen molar-refractivity contribution in [2.45, 2.75) is 35.9 Å². The predicted octanol–water partition coefficient (Wildman–Crippen LogP) is 7.37. The molecule has 1 heterocycles. The number of nitrogens with zero attached hydrogens (tertiary/aromatic N) is 1. The molecule has 11 heteroatoms. The third kappa shape index (κ3) is 7.08. The highest BCUT2D eigenvalue weighted by Crippen LogP contribution is 2.46. The Balaban J connectivity index is 1.65. The molecular weight excluding hydrogens is 687 g/mol. The van der Waals surface area contributed by atoms with Crippen molar-refractivity contribution < 1.29 is 23.1 Å². The highest BCUT2D eigenvalue weighted by Gasteiger charge is 2.45. The number of amides is 1. The van der Waals surface area contributed by atoms with E-state index in [-0.39, 0.29) is 23.3 Å². The van der Waals surface area contributed by atoms with Crippen LogP contribution < -0.4 is 5.32 Å². The number of carboxylic acid groups (broad SMARTS) is 1. The second kappa shape index (κ2) is 13.7. The summed E-state index contributed by atoms with van der Waals surface area (Å²) >= 11 is 16.1. The van der Waals surface area contributed by atoms with E-state index in [0.717, 1.165) is 5.56 Å². The number of sulfonamides is 1. The Hall–Kier alpha value is -3.47. The van der Waals surface area contributed by atoms with Gasteiger partial charge in [-0.1, -0.05) is 99.8 Å². The van der Waals surface area contributed by atoms with Gasteiger partial charge in [0.2, 0.25) is 15.9 Å². The van der Waals surface area contributed by atoms with Gasteiger partial charge in [-0.25, -0.2) is 13.2 Å². The maximum atomic E-state index is 14.6. The first-order chi connectivity index (χ1) is 21.0. The normalized spacial score (nSPS) is 17.8. The van der Waals surface area contributed by atoms with Crippen molar-refractivity contribution in [3.8, 4) is 0 Å². The van der Waals surface area contributed by atoms with Gasteiger partial charge in [-0.15, -0.1) is 0 Å². The topological polar surface area (TPSA) is 104 Å². The number of hydrogen-bond acceptors (Lipinski definition) is 4. The van der Waals surface area contributed by atoms with E-state index in [0.29, 0.717) is 25.6 Å². The third-order valence-electron chi connectivity index (χ3n) is 7.35. The van der Waals surface area contributed by atoms with E-state index in [2.05, 4.69) is 21.2 Å². The van der Waals surface area contributed by atoms with Crippen molar-refractivity contribution in [2.75, 3.05) is 0 Å². The van der Waals surface area contributed by atoms with Crippen molar-refractivity contribution in [1.82, 2.24) is 9.62 Å². The van der Waals surface area contributed by atoms with Gasteiger partial charge in [-0.2, -0.15) is 4.31 Å². The van der Waals surface area contributed by atoms with Crippen LogP contribution in [0.4, 0.5) is 0 Å². The summed E-state index contributed by atoms with van der Waals surface area (Å²) in [5, 5.41) is 13.4. The van der Waals surface area contributed by atoms with E-state index in [1.807, 2.05) is 6.07 Å². The minimum atomic E-state index is -4.27. The summed E-state index contributed by atoms with van der Waals surface area (Å²) in [4.78, 5) is 26.3. The maximum absolute atomic E-state index is 14.6. The van der Waals surface area contributed by atoms with Crippen LogP contribution in [-0.2, 0) is 26.0 Å². The van der Waals surface area contributed by atoms with Gasteiger partial charge in [0.15, 0.2) is 0 Å². The first-order valence-electron chi connectivity index (χ1n) is 13.6. The summed E-state index contributed by atoms with van der Waals surface area (Å²) in [6, 6.07) is 25.6. The third-order valence-corrected chi connectivity index (χ3v) is 10.2. The number of carbonyl (C=O) groups excluding carboxylic acids is 1. The van der Waals surface area contributed by atoms with Crippen molar-refractivity contribution in [2.24, 2.45) is 0 Å². The maximum Gasteiger partial charge on any atom is 0.326 e. The van der Waals surface area contributed by atoms with Crippen LogP contribution in [0.5, 0.6) is 0 Å². The number of rotatable bonds is 9. The summed E-state index contributed by atoms with van der Waals surface area (Å²) in [6.07, 6.45) is 1.84. The molecular formula is C33H27BrCl2N2O5S. The molecule has 4 aromatic carbocycles. The monoisotopic (exact) mass is 712 g/mol.